The van der Waals surface area contributed by atoms with Gasteiger partial charge in [0.1, 0.15) is 6.10 Å². The highest BCUT2D eigenvalue weighted by Gasteiger charge is 2.16. The molecule has 5 nitrogen and oxygen atoms in total. The molecule has 2 aromatic carbocycles. The van der Waals surface area contributed by atoms with Crippen molar-refractivity contribution in [1.29, 1.82) is 0 Å². The van der Waals surface area contributed by atoms with Crippen molar-refractivity contribution in [1.82, 2.24) is 0 Å². The maximum absolute atomic E-state index is 12.1. The van der Waals surface area contributed by atoms with E-state index in [4.69, 9.17) is 4.74 Å². The number of ether oxygens (including phenoxy) is 1. The van der Waals surface area contributed by atoms with Gasteiger partial charge in [-0.05, 0) is 43.0 Å². The van der Waals surface area contributed by atoms with Crippen molar-refractivity contribution in [3.8, 4) is 0 Å². The molecular formula is C16H15NO4S. The van der Waals surface area contributed by atoms with Gasteiger partial charge in [-0.1, -0.05) is 12.1 Å². The normalized spacial score (nSPS) is 11.7. The molecule has 114 valence electrons. The van der Waals surface area contributed by atoms with Crippen LogP contribution < -0.4 is 0 Å². The van der Waals surface area contributed by atoms with E-state index in [1.54, 1.807) is 43.0 Å². The van der Waals surface area contributed by atoms with Crippen LogP contribution in [0.3, 0.4) is 0 Å². The summed E-state index contributed by atoms with van der Waals surface area (Å²) in [6, 6.07) is 13.2. The molecule has 0 unspecified atom stereocenters. The Hall–Kier alpha value is -2.34. The smallest absolute Gasteiger partial charge is 0.338 e. The first-order valence-electron chi connectivity index (χ1n) is 6.60. The number of hydrogen-bond donors (Lipinski definition) is 0. The van der Waals surface area contributed by atoms with E-state index in [2.05, 4.69) is 0 Å². The number of esters is 1. The van der Waals surface area contributed by atoms with E-state index >= 15 is 0 Å². The fourth-order valence-corrected chi connectivity index (χ4v) is 2.32. The van der Waals surface area contributed by atoms with Gasteiger partial charge in [0.15, 0.2) is 0 Å². The highest BCUT2D eigenvalue weighted by Crippen LogP contribution is 2.23. The van der Waals surface area contributed by atoms with Crippen molar-refractivity contribution in [3.05, 3.63) is 69.8 Å². The monoisotopic (exact) mass is 317 g/mol. The van der Waals surface area contributed by atoms with Crippen LogP contribution in [0.4, 0.5) is 5.69 Å². The number of benzene rings is 2. The van der Waals surface area contributed by atoms with Crippen LogP contribution in [0.1, 0.15) is 28.9 Å². The van der Waals surface area contributed by atoms with Crippen LogP contribution in [0.2, 0.25) is 0 Å². The van der Waals surface area contributed by atoms with Crippen LogP contribution in [-0.4, -0.2) is 17.1 Å². The van der Waals surface area contributed by atoms with Gasteiger partial charge in [0, 0.05) is 17.0 Å². The second-order valence-corrected chi connectivity index (χ2v) is 5.51. The number of hydrogen-bond acceptors (Lipinski definition) is 5. The summed E-state index contributed by atoms with van der Waals surface area (Å²) in [5.74, 6) is -0.452. The topological polar surface area (TPSA) is 69.4 Å². The molecule has 0 saturated carbocycles. The Morgan fingerprint density at radius 3 is 2.50 bits per heavy atom. The van der Waals surface area contributed by atoms with Crippen molar-refractivity contribution in [2.24, 2.45) is 0 Å². The molecule has 0 radical (unpaired) electrons. The summed E-state index contributed by atoms with van der Waals surface area (Å²) < 4.78 is 5.36. The van der Waals surface area contributed by atoms with E-state index in [1.807, 2.05) is 18.4 Å². The van der Waals surface area contributed by atoms with Gasteiger partial charge in [-0.2, -0.15) is 0 Å². The molecule has 0 aromatic heterocycles. The largest absolute Gasteiger partial charge is 0.454 e. The van der Waals surface area contributed by atoms with E-state index in [9.17, 15) is 14.9 Å². The zero-order valence-electron chi connectivity index (χ0n) is 12.2. The molecule has 1 atom stereocenters. The van der Waals surface area contributed by atoms with Crippen LogP contribution in [-0.2, 0) is 4.74 Å². The molecule has 0 N–H and O–H groups in total. The zero-order chi connectivity index (χ0) is 16.1. The third kappa shape index (κ3) is 3.85. The third-order valence-corrected chi connectivity index (χ3v) is 3.90. The Balaban J connectivity index is 2.10. The first-order chi connectivity index (χ1) is 10.5. The van der Waals surface area contributed by atoms with E-state index in [0.29, 0.717) is 11.1 Å². The Bertz CT molecular complexity index is 685. The van der Waals surface area contributed by atoms with Crippen LogP contribution >= 0.6 is 11.8 Å². The first-order valence-corrected chi connectivity index (χ1v) is 7.83. The minimum atomic E-state index is -0.562. The predicted octanol–water partition coefficient (Wildman–Crippen LogP) is 4.23. The number of nitro groups is 1. The van der Waals surface area contributed by atoms with Crippen molar-refractivity contribution in [3.63, 3.8) is 0 Å². The average Bonchev–Trinajstić information content (AvgIpc) is 2.54. The summed E-state index contributed by atoms with van der Waals surface area (Å²) >= 11 is 1.59. The highest BCUT2D eigenvalue weighted by atomic mass is 32.2. The molecule has 0 aliphatic carbocycles. The quantitative estimate of drug-likeness (QED) is 0.357. The van der Waals surface area contributed by atoms with Crippen LogP contribution in [0, 0.1) is 10.1 Å². The molecule has 2 rings (SSSR count). The second kappa shape index (κ2) is 7.09. The van der Waals surface area contributed by atoms with Crippen molar-refractivity contribution in [2.45, 2.75) is 17.9 Å². The summed E-state index contributed by atoms with van der Waals surface area (Å²) in [6.45, 7) is 1.69. The average molecular weight is 317 g/mol. The Labute approximate surface area is 132 Å². The van der Waals surface area contributed by atoms with E-state index in [0.717, 1.165) is 4.90 Å². The molecule has 2 aromatic rings. The molecule has 0 spiro atoms. The Kier molecular flexibility index (Phi) is 5.16. The Morgan fingerprint density at radius 2 is 1.91 bits per heavy atom. The molecule has 0 fully saturated rings. The van der Waals surface area contributed by atoms with Gasteiger partial charge in [0.05, 0.1) is 10.5 Å². The predicted molar refractivity (Wildman–Crippen MR) is 85.1 cm³/mol. The van der Waals surface area contributed by atoms with Gasteiger partial charge in [-0.25, -0.2) is 4.79 Å². The summed E-state index contributed by atoms with van der Waals surface area (Å²) in [5.41, 5.74) is 1.02. The van der Waals surface area contributed by atoms with Crippen LogP contribution in [0.5, 0.6) is 0 Å². The maximum Gasteiger partial charge on any atom is 0.338 e. The van der Waals surface area contributed by atoms with Crippen molar-refractivity contribution < 1.29 is 14.5 Å². The molecule has 22 heavy (non-hydrogen) atoms. The fraction of sp³-hybridized carbons (Fsp3) is 0.188. The zero-order valence-corrected chi connectivity index (χ0v) is 13.0. The highest BCUT2D eigenvalue weighted by molar-refractivity contribution is 7.98. The van der Waals surface area contributed by atoms with E-state index in [-0.39, 0.29) is 5.69 Å². The minimum Gasteiger partial charge on any atom is -0.454 e. The number of nitro benzene ring substituents is 1. The summed E-state index contributed by atoms with van der Waals surface area (Å²) in [6.07, 6.45) is 1.39. The number of thioether (sulfide) groups is 1. The number of carbonyl (C=O) groups excluding carboxylic acids is 1. The molecule has 6 heteroatoms. The van der Waals surface area contributed by atoms with Gasteiger partial charge in [0.25, 0.3) is 5.69 Å². The summed E-state index contributed by atoms with van der Waals surface area (Å²) in [5, 5.41) is 10.8. The van der Waals surface area contributed by atoms with Crippen molar-refractivity contribution >= 4 is 23.4 Å². The number of rotatable bonds is 5. The maximum atomic E-state index is 12.1. The van der Waals surface area contributed by atoms with Gasteiger partial charge in [0.2, 0.25) is 0 Å². The Morgan fingerprint density at radius 1 is 1.23 bits per heavy atom. The third-order valence-electron chi connectivity index (χ3n) is 3.16. The minimum absolute atomic E-state index is 0.0234. The SMILES string of the molecule is CSc1ccc(C(=O)O[C@H](C)c2cccc([N+](=O)[O-])c2)cc1. The van der Waals surface area contributed by atoms with Gasteiger partial charge in [-0.3, -0.25) is 10.1 Å². The molecular weight excluding hydrogens is 302 g/mol. The van der Waals surface area contributed by atoms with Crippen LogP contribution in [0.25, 0.3) is 0 Å². The second-order valence-electron chi connectivity index (χ2n) is 4.63. The number of non-ortho nitro benzene ring substituents is 1. The van der Waals surface area contributed by atoms with E-state index in [1.165, 1.54) is 12.1 Å². The van der Waals surface area contributed by atoms with Crippen LogP contribution in [0.15, 0.2) is 53.4 Å². The lowest BCUT2D eigenvalue weighted by Crippen LogP contribution is -2.09. The number of carbonyl (C=O) groups is 1. The van der Waals surface area contributed by atoms with Gasteiger partial charge >= 0.3 is 5.97 Å². The molecule has 0 saturated heterocycles. The number of nitrogens with zero attached hydrogens (tertiary/aromatic N) is 1. The lowest BCUT2D eigenvalue weighted by Gasteiger charge is -2.13. The molecule has 0 aliphatic heterocycles. The van der Waals surface area contributed by atoms with Crippen molar-refractivity contribution in [2.75, 3.05) is 6.26 Å². The summed E-state index contributed by atoms with van der Waals surface area (Å²) in [7, 11) is 0. The fourth-order valence-electron chi connectivity index (χ4n) is 1.91. The lowest BCUT2D eigenvalue weighted by molar-refractivity contribution is -0.385. The first kappa shape index (κ1) is 16.0. The lowest BCUT2D eigenvalue weighted by atomic mass is 10.1. The van der Waals surface area contributed by atoms with Gasteiger partial charge in [-0.15, -0.1) is 11.8 Å². The van der Waals surface area contributed by atoms with Gasteiger partial charge < -0.3 is 4.74 Å². The van der Waals surface area contributed by atoms with E-state index < -0.39 is 17.0 Å². The molecule has 0 bridgehead atoms. The summed E-state index contributed by atoms with van der Waals surface area (Å²) in [4.78, 5) is 23.4. The standard InChI is InChI=1S/C16H15NO4S/c1-11(13-4-3-5-14(10-13)17(19)20)21-16(18)12-6-8-15(22-2)9-7-12/h3-11H,1-2H3/t11-/m1/s1. The molecule has 0 amide bonds. The molecule has 0 heterocycles. The molecule has 0 aliphatic rings.